The van der Waals surface area contributed by atoms with Gasteiger partial charge in [0, 0.05) is 17.3 Å². The minimum Gasteiger partial charge on any atom is -0.368 e. The summed E-state index contributed by atoms with van der Waals surface area (Å²) in [5, 5.41) is 5.64. The molecule has 0 aliphatic heterocycles. The van der Waals surface area contributed by atoms with Crippen LogP contribution in [0.1, 0.15) is 19.4 Å². The van der Waals surface area contributed by atoms with E-state index in [4.69, 9.17) is 11.6 Å². The maximum absolute atomic E-state index is 13.0. The maximum Gasteiger partial charge on any atom is 0.418 e. The van der Waals surface area contributed by atoms with Crippen molar-refractivity contribution in [1.29, 1.82) is 0 Å². The van der Waals surface area contributed by atoms with Gasteiger partial charge in [-0.1, -0.05) is 11.6 Å². The van der Waals surface area contributed by atoms with Gasteiger partial charge in [0.25, 0.3) is 0 Å². The second-order valence-corrected chi connectivity index (χ2v) is 5.31. The van der Waals surface area contributed by atoms with Gasteiger partial charge in [-0.2, -0.15) is 18.2 Å². The smallest absolute Gasteiger partial charge is 0.368 e. The highest BCUT2D eigenvalue weighted by Crippen LogP contribution is 2.37. The van der Waals surface area contributed by atoms with E-state index in [1.807, 2.05) is 13.8 Å². The summed E-state index contributed by atoms with van der Waals surface area (Å²) >= 11 is 5.64. The lowest BCUT2D eigenvalue weighted by molar-refractivity contribution is -0.136. The van der Waals surface area contributed by atoms with E-state index in [0.29, 0.717) is 5.82 Å². The van der Waals surface area contributed by atoms with Crippen LogP contribution in [0.2, 0.25) is 5.02 Å². The molecule has 0 amide bonds. The third-order valence-corrected chi connectivity index (χ3v) is 2.86. The molecule has 2 aromatic rings. The van der Waals surface area contributed by atoms with Gasteiger partial charge in [0.05, 0.1) is 11.3 Å². The molecule has 0 saturated heterocycles. The van der Waals surface area contributed by atoms with E-state index in [1.54, 1.807) is 6.07 Å². The van der Waals surface area contributed by atoms with Crippen molar-refractivity contribution >= 4 is 29.1 Å². The molecule has 4 nitrogen and oxygen atoms in total. The second kappa shape index (κ2) is 6.39. The molecule has 2 rings (SSSR count). The minimum absolute atomic E-state index is 0.00835. The van der Waals surface area contributed by atoms with Gasteiger partial charge in [-0.05, 0) is 38.1 Å². The molecule has 0 fully saturated rings. The molecule has 2 N–H and O–H groups in total. The standard InChI is InChI=1S/C14H14ClF3N4/c1-8(2)20-12-5-6-19-13(22-12)21-11-4-3-9(15)7-10(11)14(16,17)18/h3-8H,1-2H3,(H2,19,20,21,22). The van der Waals surface area contributed by atoms with Crippen molar-refractivity contribution in [3.63, 3.8) is 0 Å². The molecular weight excluding hydrogens is 317 g/mol. The SMILES string of the molecule is CC(C)Nc1ccnc(Nc2ccc(Cl)cc2C(F)(F)F)n1. The highest BCUT2D eigenvalue weighted by atomic mass is 35.5. The van der Waals surface area contributed by atoms with Crippen molar-refractivity contribution < 1.29 is 13.2 Å². The zero-order chi connectivity index (χ0) is 16.3. The lowest BCUT2D eigenvalue weighted by atomic mass is 10.1. The zero-order valence-electron chi connectivity index (χ0n) is 11.9. The molecule has 1 aromatic heterocycles. The van der Waals surface area contributed by atoms with Gasteiger partial charge < -0.3 is 10.6 Å². The Balaban J connectivity index is 2.31. The van der Waals surface area contributed by atoms with Crippen LogP contribution in [0.4, 0.5) is 30.6 Å². The molecule has 8 heteroatoms. The summed E-state index contributed by atoms with van der Waals surface area (Å²) in [6.07, 6.45) is -3.07. The first-order chi connectivity index (χ1) is 10.3. The molecule has 0 bridgehead atoms. The minimum atomic E-state index is -4.53. The average Bonchev–Trinajstić information content (AvgIpc) is 2.39. The number of nitrogens with one attached hydrogen (secondary N) is 2. The topological polar surface area (TPSA) is 49.8 Å². The molecule has 0 aliphatic carbocycles. The van der Waals surface area contributed by atoms with Crippen LogP contribution in [-0.4, -0.2) is 16.0 Å². The van der Waals surface area contributed by atoms with Gasteiger partial charge in [0.2, 0.25) is 5.95 Å². The van der Waals surface area contributed by atoms with Gasteiger partial charge in [-0.15, -0.1) is 0 Å². The van der Waals surface area contributed by atoms with Crippen LogP contribution in [0, 0.1) is 0 Å². The average molecular weight is 331 g/mol. The van der Waals surface area contributed by atoms with Gasteiger partial charge in [-0.3, -0.25) is 0 Å². The number of nitrogens with zero attached hydrogens (tertiary/aromatic N) is 2. The van der Waals surface area contributed by atoms with Crippen LogP contribution >= 0.6 is 11.6 Å². The predicted molar refractivity (Wildman–Crippen MR) is 80.5 cm³/mol. The Kier molecular flexibility index (Phi) is 4.75. The van der Waals surface area contributed by atoms with E-state index in [0.717, 1.165) is 6.07 Å². The second-order valence-electron chi connectivity index (χ2n) is 4.88. The molecule has 0 unspecified atom stereocenters. The van der Waals surface area contributed by atoms with Crippen molar-refractivity contribution in [3.8, 4) is 0 Å². The fourth-order valence-corrected chi connectivity index (χ4v) is 1.95. The van der Waals surface area contributed by atoms with E-state index >= 15 is 0 Å². The van der Waals surface area contributed by atoms with Crippen LogP contribution < -0.4 is 10.6 Å². The summed E-state index contributed by atoms with van der Waals surface area (Å²) in [4.78, 5) is 8.05. The molecule has 22 heavy (non-hydrogen) atoms. The fourth-order valence-electron chi connectivity index (χ4n) is 1.78. The molecule has 0 radical (unpaired) electrons. The largest absolute Gasteiger partial charge is 0.418 e. The molecular formula is C14H14ClF3N4. The summed E-state index contributed by atoms with van der Waals surface area (Å²) in [6.45, 7) is 3.85. The Morgan fingerprint density at radius 3 is 2.55 bits per heavy atom. The highest BCUT2D eigenvalue weighted by Gasteiger charge is 2.34. The number of anilines is 3. The predicted octanol–water partition coefficient (Wildman–Crippen LogP) is 4.71. The summed E-state index contributed by atoms with van der Waals surface area (Å²) in [7, 11) is 0. The first-order valence-electron chi connectivity index (χ1n) is 6.49. The maximum atomic E-state index is 13.0. The van der Waals surface area contributed by atoms with Crippen LogP contribution in [0.25, 0.3) is 0 Å². The van der Waals surface area contributed by atoms with E-state index in [9.17, 15) is 13.2 Å². The Hall–Kier alpha value is -2.02. The molecule has 1 aromatic carbocycles. The van der Waals surface area contributed by atoms with E-state index in [1.165, 1.54) is 18.3 Å². The Morgan fingerprint density at radius 1 is 1.18 bits per heavy atom. The normalized spacial score (nSPS) is 11.6. The van der Waals surface area contributed by atoms with Crippen molar-refractivity contribution in [1.82, 2.24) is 9.97 Å². The molecule has 118 valence electrons. The third-order valence-electron chi connectivity index (χ3n) is 2.63. The summed E-state index contributed by atoms with van der Waals surface area (Å²) in [6, 6.07) is 5.26. The molecule has 0 spiro atoms. The van der Waals surface area contributed by atoms with Crippen LogP contribution in [0.3, 0.4) is 0 Å². The number of hydrogen-bond acceptors (Lipinski definition) is 4. The number of benzene rings is 1. The number of rotatable bonds is 4. The third kappa shape index (κ3) is 4.24. The van der Waals surface area contributed by atoms with E-state index in [-0.39, 0.29) is 22.7 Å². The summed E-state index contributed by atoms with van der Waals surface area (Å²) in [5.41, 5.74) is -1.02. The van der Waals surface area contributed by atoms with Gasteiger partial charge >= 0.3 is 6.18 Å². The van der Waals surface area contributed by atoms with Crippen LogP contribution in [0.5, 0.6) is 0 Å². The van der Waals surface area contributed by atoms with Crippen molar-refractivity contribution in [2.45, 2.75) is 26.1 Å². The number of hydrogen-bond donors (Lipinski definition) is 2. The number of alkyl halides is 3. The highest BCUT2D eigenvalue weighted by molar-refractivity contribution is 6.30. The summed E-state index contributed by atoms with van der Waals surface area (Å²) in [5.74, 6) is 0.591. The van der Waals surface area contributed by atoms with E-state index in [2.05, 4.69) is 20.6 Å². The van der Waals surface area contributed by atoms with E-state index < -0.39 is 11.7 Å². The van der Waals surface area contributed by atoms with Crippen molar-refractivity contribution in [2.75, 3.05) is 10.6 Å². The quantitative estimate of drug-likeness (QED) is 0.852. The Labute approximate surface area is 130 Å². The first kappa shape index (κ1) is 16.4. The fraction of sp³-hybridized carbons (Fsp3) is 0.286. The van der Waals surface area contributed by atoms with Gasteiger partial charge in [0.1, 0.15) is 5.82 Å². The van der Waals surface area contributed by atoms with Crippen molar-refractivity contribution in [2.24, 2.45) is 0 Å². The lowest BCUT2D eigenvalue weighted by Crippen LogP contribution is -2.13. The van der Waals surface area contributed by atoms with Crippen LogP contribution in [0.15, 0.2) is 30.5 Å². The number of aromatic nitrogens is 2. The number of halogens is 4. The van der Waals surface area contributed by atoms with Gasteiger partial charge in [-0.25, -0.2) is 4.98 Å². The first-order valence-corrected chi connectivity index (χ1v) is 6.87. The Morgan fingerprint density at radius 2 is 1.91 bits per heavy atom. The molecule has 0 aliphatic rings. The van der Waals surface area contributed by atoms with Crippen molar-refractivity contribution in [3.05, 3.63) is 41.0 Å². The van der Waals surface area contributed by atoms with Crippen LogP contribution in [-0.2, 0) is 6.18 Å². The van der Waals surface area contributed by atoms with Gasteiger partial charge in [0.15, 0.2) is 0 Å². The molecule has 0 atom stereocenters. The zero-order valence-corrected chi connectivity index (χ0v) is 12.6. The molecule has 1 heterocycles. The molecule has 0 saturated carbocycles. The Bertz CT molecular complexity index is 659. The lowest BCUT2D eigenvalue weighted by Gasteiger charge is -2.15. The monoisotopic (exact) mass is 330 g/mol. The summed E-state index contributed by atoms with van der Waals surface area (Å²) < 4.78 is 39.1.